The maximum atomic E-state index is 12.4. The van der Waals surface area contributed by atoms with Crippen molar-refractivity contribution in [2.45, 2.75) is 25.7 Å². The van der Waals surface area contributed by atoms with E-state index >= 15 is 0 Å². The Bertz CT molecular complexity index is 434. The van der Waals surface area contributed by atoms with E-state index in [1.165, 1.54) is 0 Å². The van der Waals surface area contributed by atoms with Gasteiger partial charge in [0.25, 0.3) is 10.2 Å². The van der Waals surface area contributed by atoms with Crippen LogP contribution in [-0.2, 0) is 19.7 Å². The second-order valence-corrected chi connectivity index (χ2v) is 6.98. The second-order valence-electron chi connectivity index (χ2n) is 5.60. The van der Waals surface area contributed by atoms with Crippen molar-refractivity contribution in [2.75, 3.05) is 32.8 Å². The van der Waals surface area contributed by atoms with Gasteiger partial charge in [-0.15, -0.1) is 0 Å². The number of piperidine rings is 1. The number of nitrogens with one attached hydrogen (secondary N) is 1. The molecule has 2 heterocycles. The summed E-state index contributed by atoms with van der Waals surface area (Å²) in [5, 5.41) is 4.93. The first-order valence-corrected chi connectivity index (χ1v) is 8.64. The summed E-state index contributed by atoms with van der Waals surface area (Å²) in [4.78, 5) is 14.2. The summed E-state index contributed by atoms with van der Waals surface area (Å²) < 4.78 is 29.5. The number of nitrogens with zero attached hydrogens (tertiary/aromatic N) is 1. The van der Waals surface area contributed by atoms with Crippen molar-refractivity contribution in [1.29, 1.82) is 0 Å². The van der Waals surface area contributed by atoms with Crippen molar-refractivity contribution in [1.82, 2.24) is 9.62 Å². The van der Waals surface area contributed by atoms with Gasteiger partial charge >= 0.3 is 0 Å². The molecule has 2 unspecified atom stereocenters. The summed E-state index contributed by atoms with van der Waals surface area (Å²) in [5.41, 5.74) is 0. The number of hydrogen-bond donors (Lipinski definition) is 2. The lowest BCUT2D eigenvalue weighted by atomic mass is 9.95. The minimum Gasteiger partial charge on any atom is -0.381 e. The van der Waals surface area contributed by atoms with E-state index < -0.39 is 10.2 Å². The quantitative estimate of drug-likeness (QED) is 0.727. The van der Waals surface area contributed by atoms with Gasteiger partial charge in [-0.05, 0) is 31.6 Å². The zero-order chi connectivity index (χ0) is 14.6. The Kier molecular flexibility index (Phi) is 5.36. The predicted octanol–water partition coefficient (Wildman–Crippen LogP) is -0.555. The molecule has 2 rings (SSSR count). The maximum Gasteiger partial charge on any atom is 0.274 e. The molecule has 0 bridgehead atoms. The zero-order valence-electron chi connectivity index (χ0n) is 11.6. The Morgan fingerprint density at radius 1 is 1.35 bits per heavy atom. The normalized spacial score (nSPS) is 28.4. The molecule has 2 fully saturated rings. The maximum absolute atomic E-state index is 12.4. The topological polar surface area (TPSA) is 102 Å². The van der Waals surface area contributed by atoms with E-state index in [2.05, 4.69) is 4.72 Å². The van der Waals surface area contributed by atoms with Crippen LogP contribution in [0.5, 0.6) is 0 Å². The highest BCUT2D eigenvalue weighted by Gasteiger charge is 2.30. The lowest BCUT2D eigenvalue weighted by Crippen LogP contribution is -2.47. The lowest BCUT2D eigenvalue weighted by molar-refractivity contribution is -0.141. The van der Waals surface area contributed by atoms with E-state index in [1.54, 1.807) is 0 Å². The summed E-state index contributed by atoms with van der Waals surface area (Å²) in [5.74, 6) is 0.245. The third-order valence-electron chi connectivity index (χ3n) is 3.91. The zero-order valence-corrected chi connectivity index (χ0v) is 12.4. The average molecular weight is 305 g/mol. The van der Waals surface area contributed by atoms with E-state index in [-0.39, 0.29) is 17.7 Å². The van der Waals surface area contributed by atoms with Gasteiger partial charge in [0.2, 0.25) is 5.91 Å². The Labute approximate surface area is 120 Å². The SMILES string of the molecule is NS(=O)(=O)NCC1CCCN(C(=O)C2CCCOC2)C1. The van der Waals surface area contributed by atoms with Crippen LogP contribution in [0.2, 0.25) is 0 Å². The minimum absolute atomic E-state index is 0.0336. The molecular formula is C12H23N3O4S. The molecule has 0 radical (unpaired) electrons. The fourth-order valence-electron chi connectivity index (χ4n) is 2.86. The molecule has 116 valence electrons. The van der Waals surface area contributed by atoms with Crippen molar-refractivity contribution in [3.8, 4) is 0 Å². The summed E-state index contributed by atoms with van der Waals surface area (Å²) >= 11 is 0. The van der Waals surface area contributed by atoms with E-state index in [4.69, 9.17) is 9.88 Å². The summed E-state index contributed by atoms with van der Waals surface area (Å²) in [6, 6.07) is 0. The van der Waals surface area contributed by atoms with Crippen LogP contribution in [0.4, 0.5) is 0 Å². The molecule has 0 aromatic carbocycles. The Morgan fingerprint density at radius 3 is 2.80 bits per heavy atom. The van der Waals surface area contributed by atoms with E-state index in [0.29, 0.717) is 19.7 Å². The van der Waals surface area contributed by atoms with Gasteiger partial charge in [0.15, 0.2) is 0 Å². The van der Waals surface area contributed by atoms with Gasteiger partial charge in [-0.25, -0.2) is 9.86 Å². The molecule has 2 aliphatic rings. The summed E-state index contributed by atoms with van der Waals surface area (Å²) in [6.07, 6.45) is 3.62. The molecule has 20 heavy (non-hydrogen) atoms. The van der Waals surface area contributed by atoms with Crippen molar-refractivity contribution < 1.29 is 17.9 Å². The molecule has 0 aromatic heterocycles. The third kappa shape index (κ3) is 4.69. The van der Waals surface area contributed by atoms with Crippen LogP contribution in [0.25, 0.3) is 0 Å². The van der Waals surface area contributed by atoms with Crippen molar-refractivity contribution in [3.63, 3.8) is 0 Å². The first kappa shape index (κ1) is 15.7. The minimum atomic E-state index is -3.66. The first-order valence-electron chi connectivity index (χ1n) is 7.09. The van der Waals surface area contributed by atoms with Gasteiger partial charge in [-0.2, -0.15) is 8.42 Å². The van der Waals surface area contributed by atoms with Crippen LogP contribution >= 0.6 is 0 Å². The van der Waals surface area contributed by atoms with Gasteiger partial charge in [-0.1, -0.05) is 0 Å². The van der Waals surface area contributed by atoms with Crippen LogP contribution < -0.4 is 9.86 Å². The van der Waals surface area contributed by atoms with Crippen LogP contribution in [-0.4, -0.2) is 52.1 Å². The van der Waals surface area contributed by atoms with E-state index in [1.807, 2.05) is 4.90 Å². The largest absolute Gasteiger partial charge is 0.381 e. The van der Waals surface area contributed by atoms with Gasteiger partial charge < -0.3 is 9.64 Å². The monoisotopic (exact) mass is 305 g/mol. The average Bonchev–Trinajstić information content (AvgIpc) is 2.45. The van der Waals surface area contributed by atoms with E-state index in [0.717, 1.165) is 38.8 Å². The van der Waals surface area contributed by atoms with E-state index in [9.17, 15) is 13.2 Å². The van der Waals surface area contributed by atoms with Crippen LogP contribution in [0.3, 0.4) is 0 Å². The molecule has 1 amide bonds. The van der Waals surface area contributed by atoms with Gasteiger partial charge in [-0.3, -0.25) is 4.79 Å². The van der Waals surface area contributed by atoms with Gasteiger partial charge in [0.05, 0.1) is 12.5 Å². The highest BCUT2D eigenvalue weighted by atomic mass is 32.2. The van der Waals surface area contributed by atoms with Gasteiger partial charge in [0, 0.05) is 26.2 Å². The number of nitrogens with two attached hydrogens (primary N) is 1. The van der Waals surface area contributed by atoms with Crippen molar-refractivity contribution in [3.05, 3.63) is 0 Å². The molecular weight excluding hydrogens is 282 g/mol. The molecule has 2 aliphatic heterocycles. The summed E-state index contributed by atoms with van der Waals surface area (Å²) in [6.45, 7) is 2.89. The van der Waals surface area contributed by atoms with Crippen molar-refractivity contribution in [2.24, 2.45) is 17.0 Å². The van der Waals surface area contributed by atoms with Crippen LogP contribution in [0.15, 0.2) is 0 Å². The molecule has 0 saturated carbocycles. The number of carbonyl (C=O) groups excluding carboxylic acids is 1. The molecule has 7 nitrogen and oxygen atoms in total. The first-order chi connectivity index (χ1) is 9.46. The number of carbonyl (C=O) groups is 1. The Hall–Kier alpha value is -0.700. The van der Waals surface area contributed by atoms with Crippen LogP contribution in [0.1, 0.15) is 25.7 Å². The Morgan fingerprint density at radius 2 is 2.15 bits per heavy atom. The molecule has 0 spiro atoms. The molecule has 2 atom stereocenters. The third-order valence-corrected chi connectivity index (χ3v) is 4.48. The number of likely N-dealkylation sites (tertiary alicyclic amines) is 1. The lowest BCUT2D eigenvalue weighted by Gasteiger charge is -2.35. The predicted molar refractivity (Wildman–Crippen MR) is 74.0 cm³/mol. The molecule has 3 N–H and O–H groups in total. The fourth-order valence-corrected chi connectivity index (χ4v) is 3.33. The van der Waals surface area contributed by atoms with Crippen LogP contribution in [0, 0.1) is 11.8 Å². The number of amides is 1. The highest BCUT2D eigenvalue weighted by Crippen LogP contribution is 2.21. The molecule has 0 aromatic rings. The molecule has 8 heteroatoms. The second kappa shape index (κ2) is 6.84. The fraction of sp³-hybridized carbons (Fsp3) is 0.917. The number of rotatable bonds is 4. The standard InChI is InChI=1S/C12H23N3O4S/c13-20(17,18)14-7-10-3-1-5-15(8-10)12(16)11-4-2-6-19-9-11/h10-11,14H,1-9H2,(H2,13,17,18). The van der Waals surface area contributed by atoms with Crippen molar-refractivity contribution >= 4 is 16.1 Å². The smallest absolute Gasteiger partial charge is 0.274 e. The highest BCUT2D eigenvalue weighted by molar-refractivity contribution is 7.87. The number of ether oxygens (including phenoxy) is 1. The molecule has 2 saturated heterocycles. The van der Waals surface area contributed by atoms with Gasteiger partial charge in [0.1, 0.15) is 0 Å². The molecule has 0 aliphatic carbocycles. The number of hydrogen-bond acceptors (Lipinski definition) is 4. The summed E-state index contributed by atoms with van der Waals surface area (Å²) in [7, 11) is -3.66. The Balaban J connectivity index is 1.84.